The van der Waals surface area contributed by atoms with Crippen molar-refractivity contribution in [3.8, 4) is 11.5 Å². The number of benzene rings is 2. The van der Waals surface area contributed by atoms with E-state index in [1.807, 2.05) is 18.2 Å². The van der Waals surface area contributed by atoms with Crippen LogP contribution in [0.25, 0.3) is 0 Å². The number of hydrogen-bond acceptors (Lipinski definition) is 5. The molecule has 0 spiro atoms. The van der Waals surface area contributed by atoms with Gasteiger partial charge in [-0.05, 0) is 61.2 Å². The van der Waals surface area contributed by atoms with Gasteiger partial charge in [0.25, 0.3) is 5.91 Å². The van der Waals surface area contributed by atoms with Crippen LogP contribution in [0, 0.1) is 5.92 Å². The molecular formula is C24H25ClN2O5. The maximum Gasteiger partial charge on any atom is 0.257 e. The molecule has 7 nitrogen and oxygen atoms in total. The Morgan fingerprint density at radius 2 is 1.75 bits per heavy atom. The molecule has 3 amide bonds. The normalized spacial score (nSPS) is 18.1. The van der Waals surface area contributed by atoms with E-state index in [1.165, 1.54) is 0 Å². The Morgan fingerprint density at radius 1 is 1.06 bits per heavy atom. The molecule has 0 N–H and O–H groups in total. The molecule has 1 heterocycles. The first kappa shape index (κ1) is 22.1. The van der Waals surface area contributed by atoms with Gasteiger partial charge in [-0.25, -0.2) is 4.90 Å². The summed E-state index contributed by atoms with van der Waals surface area (Å²) >= 11 is 5.94. The summed E-state index contributed by atoms with van der Waals surface area (Å²) < 4.78 is 10.6. The van der Waals surface area contributed by atoms with Gasteiger partial charge in [0.2, 0.25) is 11.8 Å². The summed E-state index contributed by atoms with van der Waals surface area (Å²) in [4.78, 5) is 41.8. The lowest BCUT2D eigenvalue weighted by molar-refractivity contribution is -0.139. The predicted molar refractivity (Wildman–Crippen MR) is 120 cm³/mol. The number of carbonyl (C=O) groups excluding carboxylic acids is 3. The topological polar surface area (TPSA) is 76.2 Å². The third-order valence-electron chi connectivity index (χ3n) is 5.88. The second kappa shape index (κ2) is 9.20. The zero-order valence-corrected chi connectivity index (χ0v) is 18.8. The average molecular weight is 457 g/mol. The van der Waals surface area contributed by atoms with E-state index >= 15 is 0 Å². The minimum atomic E-state index is -0.800. The van der Waals surface area contributed by atoms with Crippen LogP contribution < -0.4 is 14.4 Å². The molecule has 2 fully saturated rings. The number of halogens is 1. The van der Waals surface area contributed by atoms with Crippen LogP contribution >= 0.6 is 11.6 Å². The number of methoxy groups -OCH3 is 2. The molecule has 0 aromatic heterocycles. The van der Waals surface area contributed by atoms with Crippen molar-refractivity contribution in [1.29, 1.82) is 0 Å². The third-order valence-corrected chi connectivity index (χ3v) is 6.13. The molecule has 1 aliphatic heterocycles. The second-order valence-corrected chi connectivity index (χ2v) is 8.45. The van der Waals surface area contributed by atoms with E-state index in [9.17, 15) is 14.4 Å². The number of hydrogen-bond donors (Lipinski definition) is 0. The third kappa shape index (κ3) is 4.43. The number of carbonyl (C=O) groups is 3. The molecule has 1 unspecified atom stereocenters. The van der Waals surface area contributed by atoms with E-state index in [0.717, 1.165) is 23.3 Å². The molecule has 8 heteroatoms. The summed E-state index contributed by atoms with van der Waals surface area (Å²) in [6.45, 7) is 0.336. The van der Waals surface area contributed by atoms with E-state index < -0.39 is 6.04 Å². The van der Waals surface area contributed by atoms with Gasteiger partial charge in [0.05, 0.1) is 26.3 Å². The SMILES string of the molecule is COc1ccc(CCN(C(=O)C2CC2)C2CC(=O)N(c3ccc(Cl)cc3)C2=O)cc1OC. The fourth-order valence-corrected chi connectivity index (χ4v) is 4.12. The van der Waals surface area contributed by atoms with Crippen molar-refractivity contribution < 1.29 is 23.9 Å². The van der Waals surface area contributed by atoms with Crippen LogP contribution in [0.5, 0.6) is 11.5 Å². The molecule has 168 valence electrons. The maximum absolute atomic E-state index is 13.2. The lowest BCUT2D eigenvalue weighted by Crippen LogP contribution is -2.47. The summed E-state index contributed by atoms with van der Waals surface area (Å²) in [5.41, 5.74) is 1.41. The first-order chi connectivity index (χ1) is 15.4. The Morgan fingerprint density at radius 3 is 2.38 bits per heavy atom. The van der Waals surface area contributed by atoms with Gasteiger partial charge in [0.1, 0.15) is 6.04 Å². The van der Waals surface area contributed by atoms with Crippen molar-refractivity contribution in [2.24, 2.45) is 5.92 Å². The van der Waals surface area contributed by atoms with Crippen molar-refractivity contribution in [2.45, 2.75) is 31.7 Å². The summed E-state index contributed by atoms with van der Waals surface area (Å²) in [6.07, 6.45) is 2.15. The van der Waals surface area contributed by atoms with Crippen LogP contribution in [0.15, 0.2) is 42.5 Å². The second-order valence-electron chi connectivity index (χ2n) is 8.01. The molecule has 2 aromatic carbocycles. The van der Waals surface area contributed by atoms with Gasteiger partial charge in [-0.2, -0.15) is 0 Å². The Balaban J connectivity index is 1.54. The Hall–Kier alpha value is -3.06. The van der Waals surface area contributed by atoms with Crippen LogP contribution in [0.2, 0.25) is 5.02 Å². The Bertz CT molecular complexity index is 1040. The first-order valence-corrected chi connectivity index (χ1v) is 10.9. The molecule has 1 saturated carbocycles. The Kier molecular flexibility index (Phi) is 6.37. The zero-order valence-electron chi connectivity index (χ0n) is 18.0. The van der Waals surface area contributed by atoms with E-state index in [1.54, 1.807) is 43.4 Å². The number of nitrogens with zero attached hydrogens (tertiary/aromatic N) is 2. The number of anilines is 1. The Labute approximate surface area is 191 Å². The van der Waals surface area contributed by atoms with E-state index in [-0.39, 0.29) is 30.1 Å². The monoisotopic (exact) mass is 456 g/mol. The van der Waals surface area contributed by atoms with Gasteiger partial charge in [0, 0.05) is 17.5 Å². The molecular weight excluding hydrogens is 432 g/mol. The lowest BCUT2D eigenvalue weighted by atomic mass is 10.1. The zero-order chi connectivity index (χ0) is 22.8. The minimum absolute atomic E-state index is 0.0220. The fraction of sp³-hybridized carbons (Fsp3) is 0.375. The molecule has 1 saturated heterocycles. The molecule has 32 heavy (non-hydrogen) atoms. The highest BCUT2D eigenvalue weighted by Crippen LogP contribution is 2.35. The molecule has 2 aromatic rings. The van der Waals surface area contributed by atoms with Crippen LogP contribution in [-0.4, -0.2) is 49.4 Å². The molecule has 4 rings (SSSR count). The number of ether oxygens (including phenoxy) is 2. The molecule has 2 aliphatic rings. The average Bonchev–Trinajstić information content (AvgIpc) is 3.60. The van der Waals surface area contributed by atoms with Crippen molar-refractivity contribution in [3.05, 3.63) is 53.1 Å². The lowest BCUT2D eigenvalue weighted by Gasteiger charge is -2.28. The smallest absolute Gasteiger partial charge is 0.257 e. The summed E-state index contributed by atoms with van der Waals surface area (Å²) in [7, 11) is 3.14. The summed E-state index contributed by atoms with van der Waals surface area (Å²) in [5.74, 6) is 0.409. The highest BCUT2D eigenvalue weighted by molar-refractivity contribution is 6.30. The largest absolute Gasteiger partial charge is 0.493 e. The molecule has 1 aliphatic carbocycles. The molecule has 0 bridgehead atoms. The van der Waals surface area contributed by atoms with Gasteiger partial charge in [-0.1, -0.05) is 17.7 Å². The summed E-state index contributed by atoms with van der Waals surface area (Å²) in [6, 6.07) is 11.3. The maximum atomic E-state index is 13.2. The van der Waals surface area contributed by atoms with Gasteiger partial charge < -0.3 is 14.4 Å². The fourth-order valence-electron chi connectivity index (χ4n) is 3.99. The van der Waals surface area contributed by atoms with Gasteiger partial charge >= 0.3 is 0 Å². The number of imide groups is 1. The van der Waals surface area contributed by atoms with Crippen LogP contribution in [0.1, 0.15) is 24.8 Å². The van der Waals surface area contributed by atoms with Crippen LogP contribution in [0.3, 0.4) is 0 Å². The minimum Gasteiger partial charge on any atom is -0.493 e. The van der Waals surface area contributed by atoms with E-state index in [4.69, 9.17) is 21.1 Å². The first-order valence-electron chi connectivity index (χ1n) is 10.6. The van der Waals surface area contributed by atoms with Crippen LogP contribution in [-0.2, 0) is 20.8 Å². The van der Waals surface area contributed by atoms with Gasteiger partial charge in [-0.3, -0.25) is 14.4 Å². The van der Waals surface area contributed by atoms with Crippen molar-refractivity contribution in [3.63, 3.8) is 0 Å². The van der Waals surface area contributed by atoms with Crippen molar-refractivity contribution in [1.82, 2.24) is 4.90 Å². The molecule has 1 atom stereocenters. The van der Waals surface area contributed by atoms with Crippen molar-refractivity contribution >= 4 is 35.0 Å². The van der Waals surface area contributed by atoms with Gasteiger partial charge in [-0.15, -0.1) is 0 Å². The standard InChI is InChI=1S/C24H25ClN2O5/c1-31-20-10-3-15(13-21(20)32-2)11-12-26(23(29)16-4-5-16)19-14-22(28)27(24(19)30)18-8-6-17(25)7-9-18/h3,6-10,13,16,19H,4-5,11-12,14H2,1-2H3. The van der Waals surface area contributed by atoms with Crippen LogP contribution in [0.4, 0.5) is 5.69 Å². The van der Waals surface area contributed by atoms with E-state index in [0.29, 0.717) is 35.2 Å². The van der Waals surface area contributed by atoms with Gasteiger partial charge in [0.15, 0.2) is 11.5 Å². The highest BCUT2D eigenvalue weighted by Gasteiger charge is 2.46. The molecule has 0 radical (unpaired) electrons. The summed E-state index contributed by atoms with van der Waals surface area (Å²) in [5, 5.41) is 0.518. The number of amides is 3. The quantitative estimate of drug-likeness (QED) is 0.568. The number of rotatable bonds is 8. The van der Waals surface area contributed by atoms with Crippen molar-refractivity contribution in [2.75, 3.05) is 25.7 Å². The predicted octanol–water partition coefficient (Wildman–Crippen LogP) is 3.47. The van der Waals surface area contributed by atoms with E-state index in [2.05, 4.69) is 0 Å². The highest BCUT2D eigenvalue weighted by atomic mass is 35.5.